The number of hydrogen-bond acceptors (Lipinski definition) is 3. The molecule has 19 heavy (non-hydrogen) atoms. The summed E-state index contributed by atoms with van der Waals surface area (Å²) in [7, 11) is 1.89. The van der Waals surface area contributed by atoms with Crippen LogP contribution in [-0.4, -0.2) is 44.8 Å². The van der Waals surface area contributed by atoms with Crippen LogP contribution >= 0.6 is 0 Å². The van der Waals surface area contributed by atoms with Gasteiger partial charge in [0.2, 0.25) is 0 Å². The van der Waals surface area contributed by atoms with Gasteiger partial charge in [0, 0.05) is 37.8 Å². The first-order chi connectivity index (χ1) is 9.31. The lowest BCUT2D eigenvalue weighted by Crippen LogP contribution is -2.30. The highest BCUT2D eigenvalue weighted by atomic mass is 19.1. The molecule has 1 N–H and O–H groups in total. The van der Waals surface area contributed by atoms with E-state index in [0.717, 1.165) is 51.3 Å². The van der Waals surface area contributed by atoms with Crippen LogP contribution in [-0.2, 0) is 4.74 Å². The van der Waals surface area contributed by atoms with Crippen LogP contribution in [0.5, 0.6) is 0 Å². The molecule has 106 valence electrons. The summed E-state index contributed by atoms with van der Waals surface area (Å²) in [6.07, 6.45) is 2.00. The predicted molar refractivity (Wildman–Crippen MR) is 74.7 cm³/mol. The summed E-state index contributed by atoms with van der Waals surface area (Å²) in [5.41, 5.74) is 0.760. The van der Waals surface area contributed by atoms with Gasteiger partial charge in [0.15, 0.2) is 0 Å². The van der Waals surface area contributed by atoms with Gasteiger partial charge < -0.3 is 15.0 Å². The van der Waals surface area contributed by atoms with Gasteiger partial charge in [-0.15, -0.1) is 0 Å². The largest absolute Gasteiger partial charge is 0.380 e. The Morgan fingerprint density at radius 3 is 2.95 bits per heavy atom. The standard InChI is InChI=1S/C15H23FN2O/c1-17-15(13-5-2-3-6-14(13)16)7-9-18-8-4-11-19-12-10-18/h2-3,5-6,15,17H,4,7-12H2,1H3. The van der Waals surface area contributed by atoms with E-state index < -0.39 is 0 Å². The lowest BCUT2D eigenvalue weighted by Gasteiger charge is -2.23. The van der Waals surface area contributed by atoms with Crippen molar-refractivity contribution >= 4 is 0 Å². The Labute approximate surface area is 114 Å². The van der Waals surface area contributed by atoms with Gasteiger partial charge in [0.25, 0.3) is 0 Å². The van der Waals surface area contributed by atoms with Crippen LogP contribution in [0.3, 0.4) is 0 Å². The van der Waals surface area contributed by atoms with Crippen molar-refractivity contribution in [1.29, 1.82) is 0 Å². The molecule has 1 aromatic rings. The maximum atomic E-state index is 13.8. The molecule has 3 nitrogen and oxygen atoms in total. The Kier molecular flexibility index (Phi) is 5.76. The topological polar surface area (TPSA) is 24.5 Å². The van der Waals surface area contributed by atoms with E-state index in [1.54, 1.807) is 6.07 Å². The molecule has 1 unspecified atom stereocenters. The van der Waals surface area contributed by atoms with E-state index in [1.807, 2.05) is 19.2 Å². The number of nitrogens with one attached hydrogen (secondary N) is 1. The van der Waals surface area contributed by atoms with Crippen LogP contribution in [0.4, 0.5) is 4.39 Å². The summed E-state index contributed by atoms with van der Waals surface area (Å²) in [5, 5.41) is 3.22. The quantitative estimate of drug-likeness (QED) is 0.884. The molecule has 1 heterocycles. The second-order valence-corrected chi connectivity index (χ2v) is 4.96. The third-order valence-corrected chi connectivity index (χ3v) is 3.68. The van der Waals surface area contributed by atoms with Crippen molar-refractivity contribution in [2.45, 2.75) is 18.9 Å². The lowest BCUT2D eigenvalue weighted by molar-refractivity contribution is 0.140. The molecular weight excluding hydrogens is 243 g/mol. The van der Waals surface area contributed by atoms with Gasteiger partial charge in [-0.3, -0.25) is 0 Å². The molecule has 1 aromatic carbocycles. The highest BCUT2D eigenvalue weighted by molar-refractivity contribution is 5.21. The minimum atomic E-state index is -0.124. The number of nitrogens with zero attached hydrogens (tertiary/aromatic N) is 1. The molecule has 2 rings (SSSR count). The number of hydrogen-bond donors (Lipinski definition) is 1. The zero-order valence-electron chi connectivity index (χ0n) is 11.6. The zero-order chi connectivity index (χ0) is 13.5. The average molecular weight is 266 g/mol. The average Bonchev–Trinajstić information content (AvgIpc) is 2.70. The number of rotatable bonds is 5. The lowest BCUT2D eigenvalue weighted by atomic mass is 10.0. The molecule has 1 aliphatic heterocycles. The van der Waals surface area contributed by atoms with Gasteiger partial charge in [-0.2, -0.15) is 0 Å². The van der Waals surface area contributed by atoms with E-state index in [1.165, 1.54) is 6.07 Å². The van der Waals surface area contributed by atoms with E-state index in [0.29, 0.717) is 0 Å². The Morgan fingerprint density at radius 2 is 2.16 bits per heavy atom. The fraction of sp³-hybridized carbons (Fsp3) is 0.600. The van der Waals surface area contributed by atoms with Crippen LogP contribution < -0.4 is 5.32 Å². The summed E-state index contributed by atoms with van der Waals surface area (Å²) >= 11 is 0. The van der Waals surface area contributed by atoms with E-state index in [4.69, 9.17) is 4.74 Å². The SMILES string of the molecule is CNC(CCN1CCCOCC1)c1ccccc1F. The normalized spacial score (nSPS) is 19.1. The molecule has 0 saturated carbocycles. The van der Waals surface area contributed by atoms with E-state index in [2.05, 4.69) is 10.2 Å². The first kappa shape index (κ1) is 14.4. The highest BCUT2D eigenvalue weighted by Gasteiger charge is 2.16. The number of ether oxygens (including phenoxy) is 1. The van der Waals surface area contributed by atoms with Crippen molar-refractivity contribution in [1.82, 2.24) is 10.2 Å². The Morgan fingerprint density at radius 1 is 1.32 bits per heavy atom. The van der Waals surface area contributed by atoms with Crippen molar-refractivity contribution in [3.63, 3.8) is 0 Å². The molecular formula is C15H23FN2O. The zero-order valence-corrected chi connectivity index (χ0v) is 11.6. The molecule has 4 heteroatoms. The van der Waals surface area contributed by atoms with Gasteiger partial charge in [0.1, 0.15) is 5.82 Å². The molecule has 1 fully saturated rings. The third-order valence-electron chi connectivity index (χ3n) is 3.68. The summed E-state index contributed by atoms with van der Waals surface area (Å²) in [6, 6.07) is 7.09. The van der Waals surface area contributed by atoms with Crippen molar-refractivity contribution in [2.24, 2.45) is 0 Å². The van der Waals surface area contributed by atoms with Crippen LogP contribution in [0.15, 0.2) is 24.3 Å². The summed E-state index contributed by atoms with van der Waals surface area (Å²) < 4.78 is 19.2. The molecule has 0 bridgehead atoms. The summed E-state index contributed by atoms with van der Waals surface area (Å²) in [4.78, 5) is 2.40. The maximum Gasteiger partial charge on any atom is 0.127 e. The van der Waals surface area contributed by atoms with Crippen LogP contribution in [0.2, 0.25) is 0 Å². The molecule has 0 aromatic heterocycles. The maximum absolute atomic E-state index is 13.8. The van der Waals surface area contributed by atoms with Gasteiger partial charge >= 0.3 is 0 Å². The van der Waals surface area contributed by atoms with Crippen LogP contribution in [0.25, 0.3) is 0 Å². The minimum Gasteiger partial charge on any atom is -0.380 e. The molecule has 0 spiro atoms. The monoisotopic (exact) mass is 266 g/mol. The van der Waals surface area contributed by atoms with Gasteiger partial charge in [-0.05, 0) is 26.0 Å². The second-order valence-electron chi connectivity index (χ2n) is 4.96. The summed E-state index contributed by atoms with van der Waals surface area (Å²) in [5.74, 6) is -0.124. The van der Waals surface area contributed by atoms with Crippen molar-refractivity contribution in [3.8, 4) is 0 Å². The third kappa shape index (κ3) is 4.27. The predicted octanol–water partition coefficient (Wildman–Crippen LogP) is 2.20. The van der Waals surface area contributed by atoms with E-state index >= 15 is 0 Å². The smallest absolute Gasteiger partial charge is 0.127 e. The fourth-order valence-corrected chi connectivity index (χ4v) is 2.55. The number of benzene rings is 1. The van der Waals surface area contributed by atoms with Crippen molar-refractivity contribution < 1.29 is 9.13 Å². The molecule has 1 saturated heterocycles. The van der Waals surface area contributed by atoms with Crippen molar-refractivity contribution in [2.75, 3.05) is 39.9 Å². The molecule has 0 radical (unpaired) electrons. The highest BCUT2D eigenvalue weighted by Crippen LogP contribution is 2.20. The molecule has 0 amide bonds. The first-order valence-electron chi connectivity index (χ1n) is 7.03. The Hall–Kier alpha value is -0.970. The molecule has 1 aliphatic rings. The minimum absolute atomic E-state index is 0.0744. The van der Waals surface area contributed by atoms with E-state index in [-0.39, 0.29) is 11.9 Å². The van der Waals surface area contributed by atoms with E-state index in [9.17, 15) is 4.39 Å². The Balaban J connectivity index is 1.90. The van der Waals surface area contributed by atoms with Crippen LogP contribution in [0, 0.1) is 5.82 Å². The first-order valence-corrected chi connectivity index (χ1v) is 7.03. The fourth-order valence-electron chi connectivity index (χ4n) is 2.55. The Bertz CT molecular complexity index is 378. The summed E-state index contributed by atoms with van der Waals surface area (Å²) in [6.45, 7) is 4.70. The van der Waals surface area contributed by atoms with Gasteiger partial charge in [-0.25, -0.2) is 4.39 Å². The van der Waals surface area contributed by atoms with Crippen molar-refractivity contribution in [3.05, 3.63) is 35.6 Å². The van der Waals surface area contributed by atoms with Crippen LogP contribution in [0.1, 0.15) is 24.4 Å². The van der Waals surface area contributed by atoms with Gasteiger partial charge in [0.05, 0.1) is 6.61 Å². The molecule has 0 aliphatic carbocycles. The second kappa shape index (κ2) is 7.58. The molecule has 1 atom stereocenters. The van der Waals surface area contributed by atoms with Gasteiger partial charge in [-0.1, -0.05) is 18.2 Å². The number of halogens is 1.